The van der Waals surface area contributed by atoms with Gasteiger partial charge in [0.15, 0.2) is 0 Å². The lowest BCUT2D eigenvalue weighted by molar-refractivity contribution is 0.0507. The van der Waals surface area contributed by atoms with E-state index in [1.54, 1.807) is 6.07 Å². The number of nitrogens with two attached hydrogens (primary N) is 1. The third-order valence-corrected chi connectivity index (χ3v) is 4.53. The number of likely N-dealkylation sites (N-methyl/N-ethyl adjacent to an activating group) is 1. The molecule has 0 aromatic heterocycles. The predicted molar refractivity (Wildman–Crippen MR) is 84.4 cm³/mol. The highest BCUT2D eigenvalue weighted by Crippen LogP contribution is 2.30. The first kappa shape index (κ1) is 16.1. The van der Waals surface area contributed by atoms with Crippen molar-refractivity contribution in [3.8, 4) is 0 Å². The van der Waals surface area contributed by atoms with Crippen molar-refractivity contribution >= 4 is 23.2 Å². The Labute approximate surface area is 131 Å². The number of benzene rings is 1. The van der Waals surface area contributed by atoms with Gasteiger partial charge in [-0.05, 0) is 43.5 Å². The highest BCUT2D eigenvalue weighted by molar-refractivity contribution is 6.35. The van der Waals surface area contributed by atoms with Crippen LogP contribution in [0, 0.1) is 5.92 Å². The zero-order valence-corrected chi connectivity index (χ0v) is 13.3. The highest BCUT2D eigenvalue weighted by atomic mass is 35.5. The van der Waals surface area contributed by atoms with Crippen LogP contribution >= 0.6 is 23.2 Å². The van der Waals surface area contributed by atoms with Crippen LogP contribution in [0.5, 0.6) is 0 Å². The normalized spacial score (nSPS) is 18.4. The van der Waals surface area contributed by atoms with Gasteiger partial charge in [0.1, 0.15) is 0 Å². The van der Waals surface area contributed by atoms with Crippen molar-refractivity contribution in [3.05, 3.63) is 33.8 Å². The molecule has 2 rings (SSSR count). The first-order chi connectivity index (χ1) is 9.61. The largest absolute Gasteiger partial charge is 0.381 e. The second-order valence-electron chi connectivity index (χ2n) is 5.41. The van der Waals surface area contributed by atoms with Gasteiger partial charge in [-0.25, -0.2) is 0 Å². The molecule has 1 aliphatic rings. The Bertz CT molecular complexity index is 436. The van der Waals surface area contributed by atoms with Gasteiger partial charge < -0.3 is 10.5 Å². The van der Waals surface area contributed by atoms with Crippen LogP contribution in [0.4, 0.5) is 0 Å². The minimum atomic E-state index is 0.127. The van der Waals surface area contributed by atoms with Crippen molar-refractivity contribution < 1.29 is 4.74 Å². The maximum Gasteiger partial charge on any atom is 0.0482 e. The summed E-state index contributed by atoms with van der Waals surface area (Å²) in [6.07, 6.45) is 2.24. The lowest BCUT2D eigenvalue weighted by Crippen LogP contribution is -2.36. The van der Waals surface area contributed by atoms with E-state index in [2.05, 4.69) is 11.9 Å². The fourth-order valence-electron chi connectivity index (χ4n) is 2.78. The molecule has 2 N–H and O–H groups in total. The standard InChI is InChI=1S/C15H22Cl2N2O/c1-19(10-11-4-6-20-7-5-11)15(9-18)13-3-2-12(16)8-14(13)17/h2-3,8,11,15H,4-7,9-10,18H2,1H3. The van der Waals surface area contributed by atoms with Gasteiger partial charge in [0.2, 0.25) is 0 Å². The molecule has 5 heteroatoms. The minimum Gasteiger partial charge on any atom is -0.381 e. The number of hydrogen-bond donors (Lipinski definition) is 1. The van der Waals surface area contributed by atoms with E-state index in [9.17, 15) is 0 Å². The summed E-state index contributed by atoms with van der Waals surface area (Å²) in [6, 6.07) is 5.75. The minimum absolute atomic E-state index is 0.127. The Morgan fingerprint density at radius 3 is 2.65 bits per heavy atom. The van der Waals surface area contributed by atoms with Gasteiger partial charge in [-0.3, -0.25) is 4.90 Å². The van der Waals surface area contributed by atoms with Crippen molar-refractivity contribution in [2.45, 2.75) is 18.9 Å². The average Bonchev–Trinajstić information content (AvgIpc) is 2.43. The molecule has 1 aliphatic heterocycles. The summed E-state index contributed by atoms with van der Waals surface area (Å²) < 4.78 is 5.41. The fourth-order valence-corrected chi connectivity index (χ4v) is 3.31. The van der Waals surface area contributed by atoms with Crippen molar-refractivity contribution in [1.29, 1.82) is 0 Å². The quantitative estimate of drug-likeness (QED) is 0.905. The molecule has 0 radical (unpaired) electrons. The second kappa shape index (κ2) is 7.62. The van der Waals surface area contributed by atoms with Crippen LogP contribution in [0.3, 0.4) is 0 Å². The lowest BCUT2D eigenvalue weighted by Gasteiger charge is -2.33. The average molecular weight is 317 g/mol. The molecule has 0 aliphatic carbocycles. The zero-order valence-electron chi connectivity index (χ0n) is 11.8. The molecule has 0 spiro atoms. The van der Waals surface area contributed by atoms with E-state index in [1.807, 2.05) is 12.1 Å². The van der Waals surface area contributed by atoms with Gasteiger partial charge >= 0.3 is 0 Å². The van der Waals surface area contributed by atoms with Crippen LogP contribution in [0.25, 0.3) is 0 Å². The van der Waals surface area contributed by atoms with E-state index in [1.165, 1.54) is 0 Å². The molecule has 1 heterocycles. The molecular weight excluding hydrogens is 295 g/mol. The van der Waals surface area contributed by atoms with E-state index < -0.39 is 0 Å². The molecule has 1 atom stereocenters. The van der Waals surface area contributed by atoms with Crippen LogP contribution in [0.15, 0.2) is 18.2 Å². The van der Waals surface area contributed by atoms with Crippen molar-refractivity contribution in [1.82, 2.24) is 4.90 Å². The topological polar surface area (TPSA) is 38.5 Å². The summed E-state index contributed by atoms with van der Waals surface area (Å²) >= 11 is 12.3. The van der Waals surface area contributed by atoms with Crippen LogP contribution in [0.1, 0.15) is 24.4 Å². The Hall–Kier alpha value is -0.320. The van der Waals surface area contributed by atoms with Gasteiger partial charge in [-0.1, -0.05) is 29.3 Å². The Morgan fingerprint density at radius 1 is 1.35 bits per heavy atom. The van der Waals surface area contributed by atoms with Crippen molar-refractivity contribution in [2.24, 2.45) is 11.7 Å². The molecule has 1 aromatic rings. The van der Waals surface area contributed by atoms with Gasteiger partial charge in [0.05, 0.1) is 0 Å². The van der Waals surface area contributed by atoms with Gasteiger partial charge in [-0.15, -0.1) is 0 Å². The molecular formula is C15H22Cl2N2O. The smallest absolute Gasteiger partial charge is 0.0482 e. The molecule has 20 heavy (non-hydrogen) atoms. The van der Waals surface area contributed by atoms with Crippen LogP contribution in [-0.4, -0.2) is 38.3 Å². The van der Waals surface area contributed by atoms with E-state index in [-0.39, 0.29) is 6.04 Å². The summed E-state index contributed by atoms with van der Waals surface area (Å²) in [5, 5.41) is 1.34. The fraction of sp³-hybridized carbons (Fsp3) is 0.600. The summed E-state index contributed by atoms with van der Waals surface area (Å²) in [5.74, 6) is 0.675. The Morgan fingerprint density at radius 2 is 2.05 bits per heavy atom. The molecule has 0 bridgehead atoms. The van der Waals surface area contributed by atoms with Gasteiger partial charge in [-0.2, -0.15) is 0 Å². The number of nitrogens with zero attached hydrogens (tertiary/aromatic N) is 1. The Balaban J connectivity index is 2.06. The molecule has 1 unspecified atom stereocenters. The number of ether oxygens (including phenoxy) is 1. The molecule has 0 amide bonds. The predicted octanol–water partition coefficient (Wildman–Crippen LogP) is 3.35. The number of halogens is 2. The third-order valence-electron chi connectivity index (χ3n) is 3.96. The maximum absolute atomic E-state index is 6.30. The van der Waals surface area contributed by atoms with Crippen molar-refractivity contribution in [3.63, 3.8) is 0 Å². The van der Waals surface area contributed by atoms with E-state index >= 15 is 0 Å². The van der Waals surface area contributed by atoms with E-state index in [0.717, 1.165) is 38.2 Å². The maximum atomic E-state index is 6.30. The zero-order chi connectivity index (χ0) is 14.5. The molecule has 1 aromatic carbocycles. The van der Waals surface area contributed by atoms with Gasteiger partial charge in [0.25, 0.3) is 0 Å². The molecule has 112 valence electrons. The summed E-state index contributed by atoms with van der Waals surface area (Å²) in [5.41, 5.74) is 7.01. The SMILES string of the molecule is CN(CC1CCOCC1)C(CN)c1ccc(Cl)cc1Cl. The monoisotopic (exact) mass is 316 g/mol. The second-order valence-corrected chi connectivity index (χ2v) is 6.26. The van der Waals surface area contributed by atoms with E-state index in [4.69, 9.17) is 33.7 Å². The van der Waals surface area contributed by atoms with E-state index in [0.29, 0.717) is 22.5 Å². The third kappa shape index (κ3) is 4.09. The summed E-state index contributed by atoms with van der Waals surface area (Å²) in [4.78, 5) is 2.30. The Kier molecular flexibility index (Phi) is 6.12. The molecule has 1 fully saturated rings. The number of hydrogen-bond acceptors (Lipinski definition) is 3. The van der Waals surface area contributed by atoms with Crippen LogP contribution < -0.4 is 5.73 Å². The highest BCUT2D eigenvalue weighted by Gasteiger charge is 2.22. The summed E-state index contributed by atoms with van der Waals surface area (Å²) in [7, 11) is 2.11. The molecule has 3 nitrogen and oxygen atoms in total. The first-order valence-electron chi connectivity index (χ1n) is 7.04. The molecule has 1 saturated heterocycles. The van der Waals surface area contributed by atoms with Crippen LogP contribution in [-0.2, 0) is 4.74 Å². The molecule has 0 saturated carbocycles. The van der Waals surface area contributed by atoms with Gasteiger partial charge in [0, 0.05) is 42.4 Å². The van der Waals surface area contributed by atoms with Crippen molar-refractivity contribution in [2.75, 3.05) is 33.4 Å². The number of rotatable bonds is 5. The first-order valence-corrected chi connectivity index (χ1v) is 7.80. The van der Waals surface area contributed by atoms with Crippen LogP contribution in [0.2, 0.25) is 10.0 Å². The lowest BCUT2D eigenvalue weighted by atomic mass is 9.98. The summed E-state index contributed by atoms with van der Waals surface area (Å²) in [6.45, 7) is 3.30.